The standard InChI is InChI=1S/C13H18ClFN2O2/c1-13(2,3)19-12(18)17-11(7-16)8-4-5-9(14)10(15)6-8/h4-6,11H,7,16H2,1-3H3,(H,17,18). The van der Waals surface area contributed by atoms with E-state index >= 15 is 0 Å². The highest BCUT2D eigenvalue weighted by Gasteiger charge is 2.20. The van der Waals surface area contributed by atoms with Gasteiger partial charge in [-0.2, -0.15) is 0 Å². The molecule has 3 N–H and O–H groups in total. The SMILES string of the molecule is CC(C)(C)OC(=O)NC(CN)c1ccc(Cl)c(F)c1. The van der Waals surface area contributed by atoms with Crippen LogP contribution in [0.2, 0.25) is 5.02 Å². The molecule has 0 fully saturated rings. The van der Waals surface area contributed by atoms with Crippen molar-refractivity contribution < 1.29 is 13.9 Å². The first-order valence-electron chi connectivity index (χ1n) is 5.87. The van der Waals surface area contributed by atoms with Gasteiger partial charge in [0.1, 0.15) is 11.4 Å². The number of amides is 1. The second kappa shape index (κ2) is 6.21. The lowest BCUT2D eigenvalue weighted by atomic mass is 10.1. The number of nitrogens with one attached hydrogen (secondary N) is 1. The van der Waals surface area contributed by atoms with Gasteiger partial charge in [-0.05, 0) is 38.5 Å². The Balaban J connectivity index is 2.78. The van der Waals surface area contributed by atoms with Crippen LogP contribution in [-0.4, -0.2) is 18.2 Å². The lowest BCUT2D eigenvalue weighted by Gasteiger charge is -2.23. The molecule has 0 spiro atoms. The molecule has 106 valence electrons. The Hall–Kier alpha value is -1.33. The summed E-state index contributed by atoms with van der Waals surface area (Å²) < 4.78 is 18.5. The van der Waals surface area contributed by atoms with Gasteiger partial charge in [0, 0.05) is 6.54 Å². The number of carbonyl (C=O) groups excluding carboxylic acids is 1. The van der Waals surface area contributed by atoms with E-state index in [-0.39, 0.29) is 11.6 Å². The number of hydrogen-bond donors (Lipinski definition) is 2. The van der Waals surface area contributed by atoms with E-state index in [9.17, 15) is 9.18 Å². The van der Waals surface area contributed by atoms with E-state index in [0.717, 1.165) is 0 Å². The van der Waals surface area contributed by atoms with Crippen LogP contribution < -0.4 is 11.1 Å². The van der Waals surface area contributed by atoms with E-state index < -0.39 is 23.6 Å². The Morgan fingerprint density at radius 1 is 1.53 bits per heavy atom. The van der Waals surface area contributed by atoms with Crippen LogP contribution in [0.1, 0.15) is 32.4 Å². The number of carbonyl (C=O) groups is 1. The molecule has 1 aromatic carbocycles. The fourth-order valence-corrected chi connectivity index (χ4v) is 1.57. The molecule has 1 unspecified atom stereocenters. The highest BCUT2D eigenvalue weighted by atomic mass is 35.5. The normalized spacial score (nSPS) is 12.9. The second-order valence-corrected chi connectivity index (χ2v) is 5.52. The van der Waals surface area contributed by atoms with E-state index in [4.69, 9.17) is 22.1 Å². The number of alkyl carbamates (subject to hydrolysis) is 1. The molecule has 0 heterocycles. The van der Waals surface area contributed by atoms with Gasteiger partial charge in [-0.15, -0.1) is 0 Å². The van der Waals surface area contributed by atoms with Crippen molar-refractivity contribution in [3.05, 3.63) is 34.6 Å². The molecule has 0 saturated carbocycles. The summed E-state index contributed by atoms with van der Waals surface area (Å²) in [7, 11) is 0. The van der Waals surface area contributed by atoms with E-state index in [1.165, 1.54) is 12.1 Å². The van der Waals surface area contributed by atoms with Crippen LogP contribution in [0.4, 0.5) is 9.18 Å². The highest BCUT2D eigenvalue weighted by Crippen LogP contribution is 2.20. The zero-order valence-electron chi connectivity index (χ0n) is 11.2. The number of nitrogens with two attached hydrogens (primary N) is 1. The van der Waals surface area contributed by atoms with Gasteiger partial charge in [0.25, 0.3) is 0 Å². The summed E-state index contributed by atoms with van der Waals surface area (Å²) in [6, 6.07) is 3.75. The number of ether oxygens (including phenoxy) is 1. The Morgan fingerprint density at radius 3 is 2.63 bits per heavy atom. The lowest BCUT2D eigenvalue weighted by molar-refractivity contribution is 0.0505. The molecule has 0 bridgehead atoms. The molecule has 1 rings (SSSR count). The van der Waals surface area contributed by atoms with Crippen molar-refractivity contribution in [2.45, 2.75) is 32.4 Å². The monoisotopic (exact) mass is 288 g/mol. The van der Waals surface area contributed by atoms with Crippen LogP contribution >= 0.6 is 11.6 Å². The maximum Gasteiger partial charge on any atom is 0.408 e. The Labute approximate surface area is 117 Å². The third-order valence-electron chi connectivity index (χ3n) is 2.27. The van der Waals surface area contributed by atoms with Gasteiger partial charge >= 0.3 is 6.09 Å². The smallest absolute Gasteiger partial charge is 0.408 e. The molecule has 0 aliphatic carbocycles. The van der Waals surface area contributed by atoms with Gasteiger partial charge in [0.15, 0.2) is 0 Å². The van der Waals surface area contributed by atoms with Crippen molar-refractivity contribution in [2.24, 2.45) is 5.73 Å². The highest BCUT2D eigenvalue weighted by molar-refractivity contribution is 6.30. The number of rotatable bonds is 3. The first-order valence-corrected chi connectivity index (χ1v) is 6.25. The predicted octanol–water partition coefficient (Wildman–Crippen LogP) is 3.00. The molecule has 0 aliphatic rings. The Bertz CT molecular complexity index is 460. The van der Waals surface area contributed by atoms with Gasteiger partial charge in [-0.1, -0.05) is 17.7 Å². The van der Waals surface area contributed by atoms with Gasteiger partial charge in [-0.25, -0.2) is 9.18 Å². The van der Waals surface area contributed by atoms with Crippen LogP contribution in [0.3, 0.4) is 0 Å². The summed E-state index contributed by atoms with van der Waals surface area (Å²) in [6.07, 6.45) is -0.599. The summed E-state index contributed by atoms with van der Waals surface area (Å²) in [5.74, 6) is -0.552. The molecular weight excluding hydrogens is 271 g/mol. The molecule has 1 atom stereocenters. The molecule has 0 aliphatic heterocycles. The van der Waals surface area contributed by atoms with Crippen molar-refractivity contribution >= 4 is 17.7 Å². The topological polar surface area (TPSA) is 64.3 Å². The average molecular weight is 289 g/mol. The number of hydrogen-bond acceptors (Lipinski definition) is 3. The van der Waals surface area contributed by atoms with Crippen molar-refractivity contribution in [3.8, 4) is 0 Å². The minimum absolute atomic E-state index is 0.0248. The average Bonchev–Trinajstić information content (AvgIpc) is 2.27. The molecule has 0 aromatic heterocycles. The van der Waals surface area contributed by atoms with Crippen LogP contribution in [0.15, 0.2) is 18.2 Å². The molecule has 1 aromatic rings. The summed E-state index contributed by atoms with van der Waals surface area (Å²) >= 11 is 5.60. The summed E-state index contributed by atoms with van der Waals surface area (Å²) in [5, 5.41) is 2.62. The van der Waals surface area contributed by atoms with Crippen LogP contribution in [-0.2, 0) is 4.74 Å². The fourth-order valence-electron chi connectivity index (χ4n) is 1.46. The van der Waals surface area contributed by atoms with E-state index in [0.29, 0.717) is 5.56 Å². The maximum atomic E-state index is 13.4. The maximum absolute atomic E-state index is 13.4. The van der Waals surface area contributed by atoms with Gasteiger partial charge in [-0.3, -0.25) is 0 Å². The summed E-state index contributed by atoms with van der Waals surface area (Å²) in [5.41, 5.74) is 5.51. The van der Waals surface area contributed by atoms with Crippen molar-refractivity contribution in [1.29, 1.82) is 0 Å². The largest absolute Gasteiger partial charge is 0.444 e. The predicted molar refractivity (Wildman–Crippen MR) is 72.6 cm³/mol. The molecule has 4 nitrogen and oxygen atoms in total. The summed E-state index contributed by atoms with van der Waals surface area (Å²) in [6.45, 7) is 5.39. The van der Waals surface area contributed by atoms with Crippen molar-refractivity contribution in [2.75, 3.05) is 6.54 Å². The molecule has 1 amide bonds. The van der Waals surface area contributed by atoms with Crippen LogP contribution in [0, 0.1) is 5.82 Å². The van der Waals surface area contributed by atoms with E-state index in [1.54, 1.807) is 26.8 Å². The second-order valence-electron chi connectivity index (χ2n) is 5.11. The van der Waals surface area contributed by atoms with E-state index in [2.05, 4.69) is 5.32 Å². The van der Waals surface area contributed by atoms with Crippen molar-refractivity contribution in [1.82, 2.24) is 5.32 Å². The molecule has 6 heteroatoms. The first-order chi connectivity index (χ1) is 8.73. The minimum atomic E-state index is -0.603. The summed E-state index contributed by atoms with van der Waals surface area (Å²) in [4.78, 5) is 11.6. The van der Waals surface area contributed by atoms with Gasteiger partial charge in [0.05, 0.1) is 11.1 Å². The van der Waals surface area contributed by atoms with Gasteiger partial charge in [0.2, 0.25) is 0 Å². The van der Waals surface area contributed by atoms with Crippen molar-refractivity contribution in [3.63, 3.8) is 0 Å². The van der Waals surface area contributed by atoms with Gasteiger partial charge < -0.3 is 15.8 Å². The first kappa shape index (κ1) is 15.7. The Kier molecular flexibility index (Phi) is 5.14. The zero-order chi connectivity index (χ0) is 14.6. The quantitative estimate of drug-likeness (QED) is 0.898. The lowest BCUT2D eigenvalue weighted by Crippen LogP contribution is -2.37. The molecule has 0 radical (unpaired) electrons. The zero-order valence-corrected chi connectivity index (χ0v) is 11.9. The number of benzene rings is 1. The van der Waals surface area contributed by atoms with Crippen LogP contribution in [0.5, 0.6) is 0 Å². The minimum Gasteiger partial charge on any atom is -0.444 e. The molecular formula is C13H18ClFN2O2. The van der Waals surface area contributed by atoms with Crippen LogP contribution in [0.25, 0.3) is 0 Å². The molecule has 0 saturated heterocycles. The Morgan fingerprint density at radius 2 is 2.16 bits per heavy atom. The molecule has 19 heavy (non-hydrogen) atoms. The fraction of sp³-hybridized carbons (Fsp3) is 0.462. The third-order valence-corrected chi connectivity index (χ3v) is 2.58. The van der Waals surface area contributed by atoms with E-state index in [1.807, 2.05) is 0 Å². The third kappa shape index (κ3) is 5.04. The number of halogens is 2.